The Bertz CT molecular complexity index is 750. The SMILES string of the molecule is CCCCOc1ncccc1CNC(=O)CCNC(=O)c1ccc(Br)cc1. The zero-order chi connectivity index (χ0) is 19.5. The molecule has 2 amide bonds. The summed E-state index contributed by atoms with van der Waals surface area (Å²) in [6.45, 7) is 3.32. The van der Waals surface area contributed by atoms with Gasteiger partial charge in [-0.15, -0.1) is 0 Å². The highest BCUT2D eigenvalue weighted by atomic mass is 79.9. The fourth-order valence-corrected chi connectivity index (χ4v) is 2.54. The molecule has 0 unspecified atom stereocenters. The highest BCUT2D eigenvalue weighted by Crippen LogP contribution is 2.14. The van der Waals surface area contributed by atoms with E-state index in [0.29, 0.717) is 24.6 Å². The third-order valence-electron chi connectivity index (χ3n) is 3.81. The van der Waals surface area contributed by atoms with Crippen molar-refractivity contribution in [2.45, 2.75) is 32.7 Å². The van der Waals surface area contributed by atoms with Crippen LogP contribution in [-0.4, -0.2) is 29.9 Å². The topological polar surface area (TPSA) is 80.3 Å². The van der Waals surface area contributed by atoms with Crippen molar-refractivity contribution in [1.29, 1.82) is 0 Å². The van der Waals surface area contributed by atoms with Crippen molar-refractivity contribution < 1.29 is 14.3 Å². The Hall–Kier alpha value is -2.41. The first kappa shape index (κ1) is 20.9. The van der Waals surface area contributed by atoms with Gasteiger partial charge < -0.3 is 15.4 Å². The number of unbranched alkanes of at least 4 members (excludes halogenated alkanes) is 1. The molecular formula is C20H24BrN3O3. The summed E-state index contributed by atoms with van der Waals surface area (Å²) in [5.41, 5.74) is 1.39. The number of amides is 2. The zero-order valence-electron chi connectivity index (χ0n) is 15.3. The maximum atomic E-state index is 12.0. The van der Waals surface area contributed by atoms with Crippen LogP contribution in [0.3, 0.4) is 0 Å². The number of halogens is 1. The van der Waals surface area contributed by atoms with Gasteiger partial charge in [-0.3, -0.25) is 9.59 Å². The standard InChI is InChI=1S/C20H24BrN3O3/c1-2-3-13-27-20-16(5-4-11-23-20)14-24-18(25)10-12-22-19(26)15-6-8-17(21)9-7-15/h4-9,11H,2-3,10,12-14H2,1H3,(H,22,26)(H,24,25). The lowest BCUT2D eigenvalue weighted by Crippen LogP contribution is -2.30. The zero-order valence-corrected chi connectivity index (χ0v) is 16.9. The van der Waals surface area contributed by atoms with Crippen molar-refractivity contribution >= 4 is 27.7 Å². The number of nitrogens with zero attached hydrogens (tertiary/aromatic N) is 1. The van der Waals surface area contributed by atoms with Gasteiger partial charge in [0.05, 0.1) is 6.61 Å². The Labute approximate surface area is 167 Å². The van der Waals surface area contributed by atoms with Gasteiger partial charge >= 0.3 is 0 Å². The number of aromatic nitrogens is 1. The van der Waals surface area contributed by atoms with Crippen molar-refractivity contribution in [3.8, 4) is 5.88 Å². The van der Waals surface area contributed by atoms with E-state index in [-0.39, 0.29) is 24.8 Å². The summed E-state index contributed by atoms with van der Waals surface area (Å²) < 4.78 is 6.57. The molecule has 0 saturated carbocycles. The van der Waals surface area contributed by atoms with Gasteiger partial charge in [-0.25, -0.2) is 4.98 Å². The average Bonchev–Trinajstić information content (AvgIpc) is 2.68. The van der Waals surface area contributed by atoms with Gasteiger partial charge in [0.25, 0.3) is 5.91 Å². The lowest BCUT2D eigenvalue weighted by Gasteiger charge is -2.11. The second kappa shape index (κ2) is 11.3. The Morgan fingerprint density at radius 1 is 1.15 bits per heavy atom. The number of ether oxygens (including phenoxy) is 1. The first-order valence-corrected chi connectivity index (χ1v) is 9.76. The summed E-state index contributed by atoms with van der Waals surface area (Å²) in [6.07, 6.45) is 3.88. The molecular weight excluding hydrogens is 410 g/mol. The predicted molar refractivity (Wildman–Crippen MR) is 108 cm³/mol. The molecule has 0 radical (unpaired) electrons. The molecule has 2 rings (SSSR count). The van der Waals surface area contributed by atoms with E-state index >= 15 is 0 Å². The molecule has 0 aliphatic carbocycles. The summed E-state index contributed by atoms with van der Waals surface area (Å²) in [7, 11) is 0. The van der Waals surface area contributed by atoms with Crippen molar-refractivity contribution in [3.05, 3.63) is 58.2 Å². The van der Waals surface area contributed by atoms with E-state index in [1.165, 1.54) is 0 Å². The quantitative estimate of drug-likeness (QED) is 0.562. The normalized spacial score (nSPS) is 10.3. The summed E-state index contributed by atoms with van der Waals surface area (Å²) in [6, 6.07) is 10.7. The largest absolute Gasteiger partial charge is 0.477 e. The van der Waals surface area contributed by atoms with Crippen LogP contribution in [0.5, 0.6) is 5.88 Å². The maximum absolute atomic E-state index is 12.0. The number of carbonyl (C=O) groups is 2. The molecule has 1 heterocycles. The Kier molecular flexibility index (Phi) is 8.77. The number of pyridine rings is 1. The van der Waals surface area contributed by atoms with Crippen LogP contribution in [0.1, 0.15) is 42.1 Å². The molecule has 2 aromatic rings. The molecule has 0 aliphatic heterocycles. The number of nitrogens with one attached hydrogen (secondary N) is 2. The molecule has 144 valence electrons. The lowest BCUT2D eigenvalue weighted by atomic mass is 10.2. The number of carbonyl (C=O) groups excluding carboxylic acids is 2. The molecule has 2 N–H and O–H groups in total. The molecule has 7 heteroatoms. The fourth-order valence-electron chi connectivity index (χ4n) is 2.28. The van der Waals surface area contributed by atoms with E-state index in [9.17, 15) is 9.59 Å². The number of hydrogen-bond acceptors (Lipinski definition) is 4. The van der Waals surface area contributed by atoms with Gasteiger partial charge in [0, 0.05) is 41.3 Å². The van der Waals surface area contributed by atoms with Gasteiger partial charge in [-0.2, -0.15) is 0 Å². The van der Waals surface area contributed by atoms with Gasteiger partial charge in [-0.1, -0.05) is 35.3 Å². The van der Waals surface area contributed by atoms with E-state index in [4.69, 9.17) is 4.74 Å². The number of rotatable bonds is 10. The van der Waals surface area contributed by atoms with E-state index in [2.05, 4.69) is 38.5 Å². The molecule has 0 spiro atoms. The van der Waals surface area contributed by atoms with Gasteiger partial charge in [0.2, 0.25) is 11.8 Å². The van der Waals surface area contributed by atoms with E-state index in [1.807, 2.05) is 12.1 Å². The second-order valence-electron chi connectivity index (χ2n) is 5.96. The lowest BCUT2D eigenvalue weighted by molar-refractivity contribution is -0.121. The molecule has 6 nitrogen and oxygen atoms in total. The molecule has 1 aromatic carbocycles. The van der Waals surface area contributed by atoms with Crippen LogP contribution >= 0.6 is 15.9 Å². The maximum Gasteiger partial charge on any atom is 0.251 e. The predicted octanol–water partition coefficient (Wildman–Crippen LogP) is 3.46. The summed E-state index contributed by atoms with van der Waals surface area (Å²) in [5, 5.41) is 5.58. The van der Waals surface area contributed by atoms with Crippen LogP contribution in [-0.2, 0) is 11.3 Å². The first-order chi connectivity index (χ1) is 13.1. The molecule has 0 aliphatic rings. The first-order valence-electron chi connectivity index (χ1n) is 8.97. The van der Waals surface area contributed by atoms with Crippen LogP contribution in [0.4, 0.5) is 0 Å². The van der Waals surface area contributed by atoms with Crippen molar-refractivity contribution in [2.24, 2.45) is 0 Å². The Morgan fingerprint density at radius 3 is 2.67 bits per heavy atom. The van der Waals surface area contributed by atoms with Crippen LogP contribution in [0.2, 0.25) is 0 Å². The smallest absolute Gasteiger partial charge is 0.251 e. The fraction of sp³-hybridized carbons (Fsp3) is 0.350. The van der Waals surface area contributed by atoms with Gasteiger partial charge in [0.15, 0.2) is 0 Å². The van der Waals surface area contributed by atoms with E-state index in [1.54, 1.807) is 30.5 Å². The summed E-state index contributed by atoms with van der Waals surface area (Å²) in [4.78, 5) is 28.2. The average molecular weight is 434 g/mol. The molecule has 0 atom stereocenters. The molecule has 1 aromatic heterocycles. The van der Waals surface area contributed by atoms with Crippen molar-refractivity contribution in [2.75, 3.05) is 13.2 Å². The highest BCUT2D eigenvalue weighted by molar-refractivity contribution is 9.10. The molecule has 0 saturated heterocycles. The number of benzene rings is 1. The van der Waals surface area contributed by atoms with Crippen LogP contribution < -0.4 is 15.4 Å². The molecule has 0 fully saturated rings. The van der Waals surface area contributed by atoms with Crippen molar-refractivity contribution in [1.82, 2.24) is 15.6 Å². The van der Waals surface area contributed by atoms with Crippen molar-refractivity contribution in [3.63, 3.8) is 0 Å². The van der Waals surface area contributed by atoms with Crippen LogP contribution in [0.25, 0.3) is 0 Å². The third kappa shape index (κ3) is 7.38. The molecule has 0 bridgehead atoms. The van der Waals surface area contributed by atoms with Crippen LogP contribution in [0.15, 0.2) is 47.1 Å². The Morgan fingerprint density at radius 2 is 1.93 bits per heavy atom. The number of hydrogen-bond donors (Lipinski definition) is 2. The van der Waals surface area contributed by atoms with E-state index in [0.717, 1.165) is 22.9 Å². The summed E-state index contributed by atoms with van der Waals surface area (Å²) in [5.74, 6) is 0.207. The minimum atomic E-state index is -0.200. The Balaban J connectivity index is 1.73. The second-order valence-corrected chi connectivity index (χ2v) is 6.87. The van der Waals surface area contributed by atoms with E-state index < -0.39 is 0 Å². The van der Waals surface area contributed by atoms with Gasteiger partial charge in [0.1, 0.15) is 0 Å². The van der Waals surface area contributed by atoms with Crippen LogP contribution in [0, 0.1) is 0 Å². The minimum absolute atomic E-state index is 0.144. The highest BCUT2D eigenvalue weighted by Gasteiger charge is 2.09. The van der Waals surface area contributed by atoms with Gasteiger partial charge in [-0.05, 0) is 36.8 Å². The molecule has 27 heavy (non-hydrogen) atoms. The minimum Gasteiger partial charge on any atom is -0.477 e. The third-order valence-corrected chi connectivity index (χ3v) is 4.34. The monoisotopic (exact) mass is 433 g/mol. The summed E-state index contributed by atoms with van der Waals surface area (Å²) >= 11 is 3.33.